The highest BCUT2D eigenvalue weighted by atomic mass is 16.6. The number of amides is 1. The molecule has 1 saturated heterocycles. The van der Waals surface area contributed by atoms with Crippen molar-refractivity contribution in [3.8, 4) is 0 Å². The van der Waals surface area contributed by atoms with E-state index in [4.69, 9.17) is 9.84 Å². The van der Waals surface area contributed by atoms with Gasteiger partial charge in [0.1, 0.15) is 5.60 Å². The number of carbonyl (C=O) groups excluding carboxylic acids is 1. The fourth-order valence-electron chi connectivity index (χ4n) is 2.27. The van der Waals surface area contributed by atoms with Crippen molar-refractivity contribution in [1.29, 1.82) is 0 Å². The normalized spacial score (nSPS) is 19.6. The Morgan fingerprint density at radius 1 is 1.47 bits per heavy atom. The second-order valence-corrected chi connectivity index (χ2v) is 6.00. The molecule has 100 valence electrons. The minimum Gasteiger partial charge on any atom is -0.444 e. The van der Waals surface area contributed by atoms with Crippen LogP contribution in [0.15, 0.2) is 0 Å². The first-order chi connectivity index (χ1) is 7.76. The first-order valence-corrected chi connectivity index (χ1v) is 6.03. The van der Waals surface area contributed by atoms with Gasteiger partial charge in [-0.25, -0.2) is 4.79 Å². The Bertz CT molecular complexity index is 262. The predicted octanol–water partition coefficient (Wildman–Crippen LogP) is 0.825. The number of ether oxygens (including phenoxy) is 1. The Morgan fingerprint density at radius 2 is 2.06 bits per heavy atom. The van der Waals surface area contributed by atoms with E-state index in [2.05, 4.69) is 10.2 Å². The summed E-state index contributed by atoms with van der Waals surface area (Å²) in [6.45, 7) is 8.05. The van der Waals surface area contributed by atoms with Gasteiger partial charge in [-0.05, 0) is 34.2 Å². The molecule has 5 heteroatoms. The molecule has 1 aliphatic heterocycles. The molecule has 2 N–H and O–H groups in total. The highest BCUT2D eigenvalue weighted by Gasteiger charge is 2.40. The van der Waals surface area contributed by atoms with E-state index in [-0.39, 0.29) is 18.1 Å². The number of carbonyl (C=O) groups is 1. The predicted molar refractivity (Wildman–Crippen MR) is 65.9 cm³/mol. The van der Waals surface area contributed by atoms with E-state index in [9.17, 15) is 4.79 Å². The third-order valence-corrected chi connectivity index (χ3v) is 2.86. The van der Waals surface area contributed by atoms with E-state index in [1.165, 1.54) is 0 Å². The summed E-state index contributed by atoms with van der Waals surface area (Å²) in [6.07, 6.45) is 0.331. The molecule has 0 spiro atoms. The summed E-state index contributed by atoms with van der Waals surface area (Å²) in [5, 5.41) is 11.8. The molecule has 1 heterocycles. The molecule has 0 saturated carbocycles. The van der Waals surface area contributed by atoms with Crippen molar-refractivity contribution in [2.75, 3.05) is 33.3 Å². The van der Waals surface area contributed by atoms with Gasteiger partial charge in [0, 0.05) is 31.7 Å². The van der Waals surface area contributed by atoms with Gasteiger partial charge in [0.2, 0.25) is 0 Å². The van der Waals surface area contributed by atoms with E-state index in [0.29, 0.717) is 13.0 Å². The molecule has 1 aliphatic rings. The summed E-state index contributed by atoms with van der Waals surface area (Å²) in [5.41, 5.74) is -0.453. The number of hydrogen-bond acceptors (Lipinski definition) is 4. The Morgan fingerprint density at radius 3 is 2.47 bits per heavy atom. The molecule has 1 amide bonds. The van der Waals surface area contributed by atoms with Gasteiger partial charge in [-0.15, -0.1) is 0 Å². The number of rotatable bonds is 4. The standard InChI is InChI=1S/C12H24N2O3/c1-11(2,3)17-10(16)13-7-12(5-6-15)8-14(4)9-12/h15H,5-9H2,1-4H3,(H,13,16). The second-order valence-electron chi connectivity index (χ2n) is 6.00. The van der Waals surface area contributed by atoms with Crippen LogP contribution < -0.4 is 5.32 Å². The molecular weight excluding hydrogens is 220 g/mol. The van der Waals surface area contributed by atoms with E-state index in [1.807, 2.05) is 27.8 Å². The number of aliphatic hydroxyl groups excluding tert-OH is 1. The molecule has 0 atom stereocenters. The van der Waals surface area contributed by atoms with E-state index in [0.717, 1.165) is 13.1 Å². The molecule has 0 bridgehead atoms. The minimum atomic E-state index is -0.468. The van der Waals surface area contributed by atoms with Crippen LogP contribution in [-0.2, 0) is 4.74 Å². The lowest BCUT2D eigenvalue weighted by Gasteiger charge is -2.48. The van der Waals surface area contributed by atoms with Crippen molar-refractivity contribution in [2.24, 2.45) is 5.41 Å². The van der Waals surface area contributed by atoms with E-state index >= 15 is 0 Å². The number of aliphatic hydroxyl groups is 1. The van der Waals surface area contributed by atoms with Crippen LogP contribution in [0.2, 0.25) is 0 Å². The summed E-state index contributed by atoms with van der Waals surface area (Å²) in [7, 11) is 2.03. The van der Waals surface area contributed by atoms with Gasteiger partial charge in [-0.1, -0.05) is 0 Å². The van der Waals surface area contributed by atoms with Crippen molar-refractivity contribution < 1.29 is 14.6 Å². The van der Waals surface area contributed by atoms with Crippen LogP contribution in [0.25, 0.3) is 0 Å². The lowest BCUT2D eigenvalue weighted by molar-refractivity contribution is -0.00316. The summed E-state index contributed by atoms with van der Waals surface area (Å²) in [4.78, 5) is 13.7. The topological polar surface area (TPSA) is 61.8 Å². The van der Waals surface area contributed by atoms with Crippen molar-refractivity contribution >= 4 is 6.09 Å². The molecule has 0 aromatic heterocycles. The van der Waals surface area contributed by atoms with Gasteiger partial charge in [0.25, 0.3) is 0 Å². The highest BCUT2D eigenvalue weighted by molar-refractivity contribution is 5.67. The third-order valence-electron chi connectivity index (χ3n) is 2.86. The number of nitrogens with zero attached hydrogens (tertiary/aromatic N) is 1. The average Bonchev–Trinajstić information content (AvgIpc) is 2.10. The van der Waals surface area contributed by atoms with Crippen LogP contribution in [0.5, 0.6) is 0 Å². The van der Waals surface area contributed by atoms with E-state index < -0.39 is 5.60 Å². The number of alkyl carbamates (subject to hydrolysis) is 1. The lowest BCUT2D eigenvalue weighted by atomic mass is 9.77. The molecule has 0 radical (unpaired) electrons. The molecular formula is C12H24N2O3. The Balaban J connectivity index is 2.35. The number of nitrogens with one attached hydrogen (secondary N) is 1. The lowest BCUT2D eigenvalue weighted by Crippen LogP contribution is -2.59. The molecule has 0 aromatic carbocycles. The van der Waals surface area contributed by atoms with Crippen molar-refractivity contribution in [2.45, 2.75) is 32.8 Å². The van der Waals surface area contributed by atoms with Gasteiger partial charge < -0.3 is 20.1 Å². The SMILES string of the molecule is CN1CC(CCO)(CNC(=O)OC(C)(C)C)C1. The first-order valence-electron chi connectivity index (χ1n) is 6.03. The molecule has 1 rings (SSSR count). The van der Waals surface area contributed by atoms with Crippen molar-refractivity contribution in [1.82, 2.24) is 10.2 Å². The highest BCUT2D eigenvalue weighted by Crippen LogP contribution is 2.31. The second kappa shape index (κ2) is 5.23. The fraction of sp³-hybridized carbons (Fsp3) is 0.917. The van der Waals surface area contributed by atoms with Crippen LogP contribution in [0, 0.1) is 5.41 Å². The van der Waals surface area contributed by atoms with Crippen LogP contribution in [0.1, 0.15) is 27.2 Å². The molecule has 5 nitrogen and oxygen atoms in total. The number of hydrogen-bond donors (Lipinski definition) is 2. The summed E-state index contributed by atoms with van der Waals surface area (Å²) < 4.78 is 5.18. The van der Waals surface area contributed by atoms with Gasteiger partial charge in [-0.2, -0.15) is 0 Å². The largest absolute Gasteiger partial charge is 0.444 e. The summed E-state index contributed by atoms with van der Waals surface area (Å²) in [6, 6.07) is 0. The molecule has 0 aliphatic carbocycles. The zero-order chi connectivity index (χ0) is 13.1. The maximum Gasteiger partial charge on any atom is 0.407 e. The zero-order valence-corrected chi connectivity index (χ0v) is 11.2. The van der Waals surface area contributed by atoms with E-state index in [1.54, 1.807) is 0 Å². The Labute approximate surface area is 103 Å². The minimum absolute atomic E-state index is 0.0143. The zero-order valence-electron chi connectivity index (χ0n) is 11.2. The van der Waals surface area contributed by atoms with Gasteiger partial charge in [-0.3, -0.25) is 0 Å². The van der Waals surface area contributed by atoms with Crippen LogP contribution in [0.4, 0.5) is 4.79 Å². The summed E-state index contributed by atoms with van der Waals surface area (Å²) >= 11 is 0. The fourth-order valence-corrected chi connectivity index (χ4v) is 2.27. The first kappa shape index (κ1) is 14.3. The Hall–Kier alpha value is -0.810. The smallest absolute Gasteiger partial charge is 0.407 e. The number of likely N-dealkylation sites (tertiary alicyclic amines) is 1. The maximum atomic E-state index is 11.5. The van der Waals surface area contributed by atoms with Crippen LogP contribution in [-0.4, -0.2) is 55.0 Å². The molecule has 0 aromatic rings. The molecule has 1 fully saturated rings. The Kier molecular flexibility index (Phi) is 4.38. The summed E-state index contributed by atoms with van der Waals surface area (Å²) in [5.74, 6) is 0. The quantitative estimate of drug-likeness (QED) is 0.769. The maximum absolute atomic E-state index is 11.5. The van der Waals surface area contributed by atoms with Gasteiger partial charge in [0.05, 0.1) is 0 Å². The van der Waals surface area contributed by atoms with Gasteiger partial charge in [0.15, 0.2) is 0 Å². The average molecular weight is 244 g/mol. The van der Waals surface area contributed by atoms with Crippen molar-refractivity contribution in [3.05, 3.63) is 0 Å². The van der Waals surface area contributed by atoms with Crippen LogP contribution in [0.3, 0.4) is 0 Å². The third kappa shape index (κ3) is 4.52. The molecule has 0 unspecified atom stereocenters. The van der Waals surface area contributed by atoms with Crippen molar-refractivity contribution in [3.63, 3.8) is 0 Å². The monoisotopic (exact) mass is 244 g/mol. The van der Waals surface area contributed by atoms with Crippen LogP contribution >= 0.6 is 0 Å². The van der Waals surface area contributed by atoms with Gasteiger partial charge >= 0.3 is 6.09 Å². The molecule has 17 heavy (non-hydrogen) atoms.